The minimum Gasteiger partial charge on any atom is -0.481 e. The van der Waals surface area contributed by atoms with Gasteiger partial charge in [-0.15, -0.1) is 11.3 Å². The van der Waals surface area contributed by atoms with E-state index in [-0.39, 0.29) is 12.3 Å². The quantitative estimate of drug-likeness (QED) is 0.848. The Balaban J connectivity index is 1.86. The third-order valence-corrected chi connectivity index (χ3v) is 4.80. The number of hydrogen-bond acceptors (Lipinski definition) is 5. The first-order valence-corrected chi connectivity index (χ1v) is 8.62. The van der Waals surface area contributed by atoms with Crippen molar-refractivity contribution in [2.75, 3.05) is 11.9 Å². The van der Waals surface area contributed by atoms with Crippen molar-refractivity contribution in [3.8, 4) is 11.3 Å². The van der Waals surface area contributed by atoms with E-state index in [1.807, 2.05) is 0 Å². The number of aliphatic carboxylic acids is 1. The monoisotopic (exact) mass is 366 g/mol. The van der Waals surface area contributed by atoms with Gasteiger partial charge in [0.1, 0.15) is 6.10 Å². The SMILES string of the molecule is O=C(O)Cc1sc(NC(=O)C2CCCO2)nc1-c1ccc(Cl)cc1. The van der Waals surface area contributed by atoms with Gasteiger partial charge in [-0.25, -0.2) is 4.98 Å². The fourth-order valence-electron chi connectivity index (χ4n) is 2.47. The van der Waals surface area contributed by atoms with Crippen LogP contribution in [0.2, 0.25) is 5.02 Å². The van der Waals surface area contributed by atoms with Crippen LogP contribution < -0.4 is 5.32 Å². The summed E-state index contributed by atoms with van der Waals surface area (Å²) in [5.41, 5.74) is 1.30. The van der Waals surface area contributed by atoms with E-state index in [4.69, 9.17) is 21.4 Å². The third-order valence-electron chi connectivity index (χ3n) is 3.58. The van der Waals surface area contributed by atoms with Crippen molar-refractivity contribution in [3.05, 3.63) is 34.2 Å². The number of nitrogens with one attached hydrogen (secondary N) is 1. The molecule has 2 aromatic rings. The average Bonchev–Trinajstić information content (AvgIpc) is 3.18. The van der Waals surface area contributed by atoms with Crippen LogP contribution in [0.25, 0.3) is 11.3 Å². The Morgan fingerprint density at radius 3 is 2.75 bits per heavy atom. The summed E-state index contributed by atoms with van der Waals surface area (Å²) in [6, 6.07) is 6.97. The van der Waals surface area contributed by atoms with Gasteiger partial charge in [-0.3, -0.25) is 14.9 Å². The maximum absolute atomic E-state index is 12.1. The van der Waals surface area contributed by atoms with E-state index < -0.39 is 12.1 Å². The first-order valence-electron chi connectivity index (χ1n) is 7.43. The van der Waals surface area contributed by atoms with Crippen LogP contribution >= 0.6 is 22.9 Å². The normalized spacial score (nSPS) is 17.0. The molecular formula is C16H15ClN2O4S. The van der Waals surface area contributed by atoms with Gasteiger partial charge in [-0.2, -0.15) is 0 Å². The van der Waals surface area contributed by atoms with Crippen LogP contribution in [-0.4, -0.2) is 34.7 Å². The molecule has 1 unspecified atom stereocenters. The van der Waals surface area contributed by atoms with E-state index in [9.17, 15) is 9.59 Å². The molecule has 2 N–H and O–H groups in total. The summed E-state index contributed by atoms with van der Waals surface area (Å²) >= 11 is 7.05. The van der Waals surface area contributed by atoms with Gasteiger partial charge < -0.3 is 9.84 Å². The molecular weight excluding hydrogens is 352 g/mol. The number of carboxylic acid groups (broad SMARTS) is 1. The summed E-state index contributed by atoms with van der Waals surface area (Å²) in [6.45, 7) is 0.580. The van der Waals surface area contributed by atoms with Crippen LogP contribution in [-0.2, 0) is 20.7 Å². The minimum atomic E-state index is -0.953. The first kappa shape index (κ1) is 16.9. The second-order valence-corrected chi connectivity index (χ2v) is 6.88. The molecule has 3 rings (SSSR count). The molecule has 1 aromatic heterocycles. The van der Waals surface area contributed by atoms with Crippen LogP contribution in [0.5, 0.6) is 0 Å². The van der Waals surface area contributed by atoms with E-state index in [0.29, 0.717) is 33.8 Å². The van der Waals surface area contributed by atoms with Crippen LogP contribution in [0.4, 0.5) is 5.13 Å². The summed E-state index contributed by atoms with van der Waals surface area (Å²) in [5.74, 6) is -1.20. The minimum absolute atomic E-state index is 0.161. The topological polar surface area (TPSA) is 88.5 Å². The lowest BCUT2D eigenvalue weighted by molar-refractivity contribution is -0.136. The van der Waals surface area contributed by atoms with Gasteiger partial charge in [0.05, 0.1) is 12.1 Å². The number of ether oxygens (including phenoxy) is 1. The highest BCUT2D eigenvalue weighted by molar-refractivity contribution is 7.16. The molecule has 1 saturated heterocycles. The number of carbonyl (C=O) groups excluding carboxylic acids is 1. The number of carbonyl (C=O) groups is 2. The molecule has 126 valence electrons. The first-order chi connectivity index (χ1) is 11.5. The summed E-state index contributed by atoms with van der Waals surface area (Å²) in [7, 11) is 0. The molecule has 0 bridgehead atoms. The second kappa shape index (κ2) is 7.29. The summed E-state index contributed by atoms with van der Waals surface area (Å²) in [5, 5.41) is 12.8. The van der Waals surface area contributed by atoms with Crippen molar-refractivity contribution in [3.63, 3.8) is 0 Å². The maximum Gasteiger partial charge on any atom is 0.308 e. The molecule has 8 heteroatoms. The lowest BCUT2D eigenvalue weighted by atomic mass is 10.1. The Labute approximate surface area is 147 Å². The van der Waals surface area contributed by atoms with Gasteiger partial charge in [-0.05, 0) is 25.0 Å². The van der Waals surface area contributed by atoms with Crippen LogP contribution in [0.15, 0.2) is 24.3 Å². The lowest BCUT2D eigenvalue weighted by Crippen LogP contribution is -2.26. The van der Waals surface area contributed by atoms with Gasteiger partial charge in [0.15, 0.2) is 5.13 Å². The Morgan fingerprint density at radius 2 is 2.12 bits per heavy atom. The number of halogens is 1. The Bertz CT molecular complexity index is 754. The Hall–Kier alpha value is -1.96. The predicted octanol–water partition coefficient (Wildman–Crippen LogP) is 3.21. The Kier molecular flexibility index (Phi) is 5.13. The zero-order chi connectivity index (χ0) is 17.1. The molecule has 2 heterocycles. The zero-order valence-corrected chi connectivity index (χ0v) is 14.2. The second-order valence-electron chi connectivity index (χ2n) is 5.36. The molecule has 0 saturated carbocycles. The van der Waals surface area contributed by atoms with E-state index >= 15 is 0 Å². The molecule has 24 heavy (non-hydrogen) atoms. The summed E-state index contributed by atoms with van der Waals surface area (Å²) < 4.78 is 5.34. The lowest BCUT2D eigenvalue weighted by Gasteiger charge is -2.07. The van der Waals surface area contributed by atoms with Crippen molar-refractivity contribution in [1.29, 1.82) is 0 Å². The number of carboxylic acids is 1. The van der Waals surface area contributed by atoms with Crippen molar-refractivity contribution >= 4 is 39.9 Å². The van der Waals surface area contributed by atoms with E-state index in [0.717, 1.165) is 23.3 Å². The largest absolute Gasteiger partial charge is 0.481 e. The maximum atomic E-state index is 12.1. The number of aromatic nitrogens is 1. The number of nitrogens with zero attached hydrogens (tertiary/aromatic N) is 1. The summed E-state index contributed by atoms with van der Waals surface area (Å²) in [4.78, 5) is 28.2. The number of thiazole rings is 1. The standard InChI is InChI=1S/C16H15ClN2O4S/c17-10-5-3-9(4-6-10)14-12(8-13(20)21)24-16(18-14)19-15(22)11-2-1-7-23-11/h3-6,11H,1-2,7-8H2,(H,20,21)(H,18,19,22). The molecule has 1 aromatic carbocycles. The highest BCUT2D eigenvalue weighted by Gasteiger charge is 2.25. The van der Waals surface area contributed by atoms with E-state index in [1.54, 1.807) is 24.3 Å². The van der Waals surface area contributed by atoms with Crippen molar-refractivity contribution in [2.45, 2.75) is 25.4 Å². The van der Waals surface area contributed by atoms with Gasteiger partial charge in [0, 0.05) is 22.1 Å². The van der Waals surface area contributed by atoms with Crippen LogP contribution in [0.1, 0.15) is 17.7 Å². The van der Waals surface area contributed by atoms with Gasteiger partial charge >= 0.3 is 5.97 Å². The van der Waals surface area contributed by atoms with E-state index in [2.05, 4.69) is 10.3 Å². The number of rotatable bonds is 5. The van der Waals surface area contributed by atoms with Crippen molar-refractivity contribution in [2.24, 2.45) is 0 Å². The van der Waals surface area contributed by atoms with E-state index in [1.165, 1.54) is 0 Å². The highest BCUT2D eigenvalue weighted by Crippen LogP contribution is 2.32. The highest BCUT2D eigenvalue weighted by atomic mass is 35.5. The fraction of sp³-hybridized carbons (Fsp3) is 0.312. The zero-order valence-electron chi connectivity index (χ0n) is 12.6. The fourth-order valence-corrected chi connectivity index (χ4v) is 3.57. The van der Waals surface area contributed by atoms with Gasteiger partial charge in [0.2, 0.25) is 0 Å². The molecule has 1 atom stereocenters. The van der Waals surface area contributed by atoms with Crippen molar-refractivity contribution < 1.29 is 19.4 Å². The molecule has 1 aliphatic rings. The molecule has 1 amide bonds. The smallest absolute Gasteiger partial charge is 0.308 e. The summed E-state index contributed by atoms with van der Waals surface area (Å²) in [6.07, 6.45) is 0.918. The van der Waals surface area contributed by atoms with Gasteiger partial charge in [0.25, 0.3) is 5.91 Å². The van der Waals surface area contributed by atoms with Crippen LogP contribution in [0.3, 0.4) is 0 Å². The molecule has 1 aliphatic heterocycles. The molecule has 0 aliphatic carbocycles. The third kappa shape index (κ3) is 3.92. The van der Waals surface area contributed by atoms with Crippen LogP contribution in [0, 0.1) is 0 Å². The molecule has 1 fully saturated rings. The Morgan fingerprint density at radius 1 is 1.38 bits per heavy atom. The number of benzene rings is 1. The molecule has 6 nitrogen and oxygen atoms in total. The molecule has 0 radical (unpaired) electrons. The number of hydrogen-bond donors (Lipinski definition) is 2. The van der Waals surface area contributed by atoms with Gasteiger partial charge in [-0.1, -0.05) is 23.7 Å². The van der Waals surface area contributed by atoms with Crippen molar-refractivity contribution in [1.82, 2.24) is 4.98 Å². The number of anilines is 1. The molecule has 0 spiro atoms. The predicted molar refractivity (Wildman–Crippen MR) is 91.5 cm³/mol. The number of amides is 1. The average molecular weight is 367 g/mol.